The third kappa shape index (κ3) is 4.03. The molecule has 10 heteroatoms. The monoisotopic (exact) mass is 440 g/mol. The van der Waals surface area contributed by atoms with E-state index in [1.54, 1.807) is 18.5 Å². The standard InChI is InChI=1S/C18H18Cl2N6O.ClH/c19-11-4-10(5-22-6-11)18(27)25-14-8-24-17-15(14)16(13(20)7-23-17)26-3-1-2-12(21)9-26;/h4-8,12H,1-3,9,21H2,(H,23,24)(H,25,27);1H/t12-;/m1./s1. The first-order chi connectivity index (χ1) is 13.0. The summed E-state index contributed by atoms with van der Waals surface area (Å²) in [6, 6.07) is 1.65. The SMILES string of the molecule is Cl.N[C@@H]1CCCN(c2c(Cl)cnc3[nH]cc(NC(=O)c4cncc(Cl)c4)c23)C1. The van der Waals surface area contributed by atoms with Gasteiger partial charge in [0.15, 0.2) is 0 Å². The van der Waals surface area contributed by atoms with Crippen LogP contribution in [0.4, 0.5) is 11.4 Å². The van der Waals surface area contributed by atoms with Crippen LogP contribution in [0.25, 0.3) is 11.0 Å². The Hall–Kier alpha value is -2.06. The summed E-state index contributed by atoms with van der Waals surface area (Å²) >= 11 is 12.4. The molecule has 0 saturated carbocycles. The molecule has 0 aromatic carbocycles. The number of nitrogens with one attached hydrogen (secondary N) is 2. The second-order valence-electron chi connectivity index (χ2n) is 6.57. The molecule has 0 unspecified atom stereocenters. The number of piperidine rings is 1. The van der Waals surface area contributed by atoms with Crippen molar-refractivity contribution in [1.82, 2.24) is 15.0 Å². The van der Waals surface area contributed by atoms with Crippen molar-refractivity contribution in [3.05, 3.63) is 46.5 Å². The molecule has 7 nitrogen and oxygen atoms in total. The first kappa shape index (κ1) is 20.7. The number of hydrogen-bond acceptors (Lipinski definition) is 5. The van der Waals surface area contributed by atoms with Crippen LogP contribution < -0.4 is 16.0 Å². The molecule has 0 aliphatic carbocycles. The van der Waals surface area contributed by atoms with Crippen LogP contribution in [0.2, 0.25) is 10.0 Å². The van der Waals surface area contributed by atoms with Gasteiger partial charge in [-0.2, -0.15) is 0 Å². The summed E-state index contributed by atoms with van der Waals surface area (Å²) in [5, 5.41) is 4.59. The quantitative estimate of drug-likeness (QED) is 0.573. The molecule has 148 valence electrons. The number of amides is 1. The van der Waals surface area contributed by atoms with Crippen molar-refractivity contribution < 1.29 is 4.79 Å². The second kappa shape index (κ2) is 8.53. The molecule has 1 saturated heterocycles. The van der Waals surface area contributed by atoms with Gasteiger partial charge in [0.1, 0.15) is 5.65 Å². The van der Waals surface area contributed by atoms with E-state index < -0.39 is 0 Å². The van der Waals surface area contributed by atoms with Gasteiger partial charge in [-0.25, -0.2) is 4.98 Å². The Morgan fingerprint density at radius 1 is 1.32 bits per heavy atom. The van der Waals surface area contributed by atoms with E-state index in [9.17, 15) is 4.79 Å². The molecule has 28 heavy (non-hydrogen) atoms. The highest BCUT2D eigenvalue weighted by Crippen LogP contribution is 2.38. The maximum absolute atomic E-state index is 12.6. The van der Waals surface area contributed by atoms with Crippen molar-refractivity contribution in [2.24, 2.45) is 5.73 Å². The largest absolute Gasteiger partial charge is 0.368 e. The topological polar surface area (TPSA) is 99.9 Å². The zero-order valence-electron chi connectivity index (χ0n) is 14.8. The van der Waals surface area contributed by atoms with Gasteiger partial charge in [-0.1, -0.05) is 23.2 Å². The zero-order chi connectivity index (χ0) is 19.0. The van der Waals surface area contributed by atoms with Crippen molar-refractivity contribution in [2.45, 2.75) is 18.9 Å². The molecule has 1 fully saturated rings. The Kier molecular flexibility index (Phi) is 6.30. The Labute approximate surface area is 178 Å². The molecule has 0 bridgehead atoms. The number of aromatic amines is 1. The van der Waals surface area contributed by atoms with E-state index in [-0.39, 0.29) is 24.4 Å². The molecule has 0 radical (unpaired) electrons. The average molecular weight is 442 g/mol. The molecule has 4 rings (SSSR count). The molecular weight excluding hydrogens is 423 g/mol. The Balaban J connectivity index is 0.00000225. The number of carbonyl (C=O) groups excluding carboxylic acids is 1. The maximum Gasteiger partial charge on any atom is 0.257 e. The first-order valence-corrected chi connectivity index (χ1v) is 9.36. The van der Waals surface area contributed by atoms with E-state index in [0.717, 1.165) is 30.5 Å². The minimum Gasteiger partial charge on any atom is -0.368 e. The maximum atomic E-state index is 12.6. The summed E-state index contributed by atoms with van der Waals surface area (Å²) in [5.41, 5.74) is 8.59. The number of H-pyrrole nitrogens is 1. The number of nitrogens with two attached hydrogens (primary N) is 1. The zero-order valence-corrected chi connectivity index (χ0v) is 17.1. The molecule has 1 atom stereocenters. The highest BCUT2D eigenvalue weighted by molar-refractivity contribution is 6.35. The number of pyridine rings is 2. The lowest BCUT2D eigenvalue weighted by atomic mass is 10.1. The van der Waals surface area contributed by atoms with Crippen molar-refractivity contribution in [2.75, 3.05) is 23.3 Å². The summed E-state index contributed by atoms with van der Waals surface area (Å²) < 4.78 is 0. The van der Waals surface area contributed by atoms with Crippen LogP contribution in [0.3, 0.4) is 0 Å². The highest BCUT2D eigenvalue weighted by Gasteiger charge is 2.24. The van der Waals surface area contributed by atoms with Gasteiger partial charge in [-0.05, 0) is 18.9 Å². The highest BCUT2D eigenvalue weighted by atomic mass is 35.5. The number of fused-ring (bicyclic) bond motifs is 1. The number of halogens is 3. The summed E-state index contributed by atoms with van der Waals surface area (Å²) in [5.74, 6) is -0.313. The van der Waals surface area contributed by atoms with E-state index in [2.05, 4.69) is 25.2 Å². The van der Waals surface area contributed by atoms with Crippen LogP contribution in [-0.4, -0.2) is 40.0 Å². The minimum atomic E-state index is -0.313. The molecule has 3 aromatic rings. The predicted molar refractivity (Wildman–Crippen MR) is 115 cm³/mol. The van der Waals surface area contributed by atoms with Crippen LogP contribution in [0.5, 0.6) is 0 Å². The van der Waals surface area contributed by atoms with Gasteiger partial charge < -0.3 is 20.9 Å². The van der Waals surface area contributed by atoms with Gasteiger partial charge in [0, 0.05) is 37.7 Å². The molecule has 0 spiro atoms. The van der Waals surface area contributed by atoms with E-state index in [1.807, 2.05) is 0 Å². The first-order valence-electron chi connectivity index (χ1n) is 8.61. The summed E-state index contributed by atoms with van der Waals surface area (Å²) in [6.07, 6.45) is 8.24. The normalized spacial score (nSPS) is 16.7. The minimum absolute atomic E-state index is 0. The third-order valence-electron chi connectivity index (χ3n) is 4.62. The van der Waals surface area contributed by atoms with E-state index in [0.29, 0.717) is 33.5 Å². The third-order valence-corrected chi connectivity index (χ3v) is 5.10. The molecule has 1 amide bonds. The van der Waals surface area contributed by atoms with Crippen LogP contribution in [0.1, 0.15) is 23.2 Å². The smallest absolute Gasteiger partial charge is 0.257 e. The summed E-state index contributed by atoms with van der Waals surface area (Å²) in [4.78, 5) is 26.2. The van der Waals surface area contributed by atoms with Crippen molar-refractivity contribution in [3.8, 4) is 0 Å². The van der Waals surface area contributed by atoms with Gasteiger partial charge in [-0.3, -0.25) is 9.78 Å². The van der Waals surface area contributed by atoms with Crippen molar-refractivity contribution in [3.63, 3.8) is 0 Å². The van der Waals surface area contributed by atoms with Gasteiger partial charge >= 0.3 is 0 Å². The Morgan fingerprint density at radius 3 is 2.89 bits per heavy atom. The molecule has 3 aromatic heterocycles. The molecular formula is C18H19Cl3N6O. The fraction of sp³-hybridized carbons (Fsp3) is 0.278. The van der Waals surface area contributed by atoms with Gasteiger partial charge in [0.05, 0.1) is 38.6 Å². The van der Waals surface area contributed by atoms with Crippen molar-refractivity contribution in [1.29, 1.82) is 0 Å². The van der Waals surface area contributed by atoms with Crippen LogP contribution in [0, 0.1) is 0 Å². The van der Waals surface area contributed by atoms with E-state index in [4.69, 9.17) is 28.9 Å². The van der Waals surface area contributed by atoms with Gasteiger partial charge in [0.2, 0.25) is 0 Å². The predicted octanol–water partition coefficient (Wildman–Crippen LogP) is 3.87. The Bertz CT molecular complexity index is 1010. The number of hydrogen-bond donors (Lipinski definition) is 3. The number of aromatic nitrogens is 3. The van der Waals surface area contributed by atoms with Gasteiger partial charge in [-0.15, -0.1) is 12.4 Å². The summed E-state index contributed by atoms with van der Waals surface area (Å²) in [6.45, 7) is 1.55. The lowest BCUT2D eigenvalue weighted by molar-refractivity contribution is 0.102. The average Bonchev–Trinajstić information content (AvgIpc) is 3.04. The fourth-order valence-electron chi connectivity index (χ4n) is 3.41. The van der Waals surface area contributed by atoms with Crippen LogP contribution in [0.15, 0.2) is 30.9 Å². The number of carbonyl (C=O) groups is 1. The number of rotatable bonds is 3. The fourth-order valence-corrected chi connectivity index (χ4v) is 3.84. The molecule has 4 N–H and O–H groups in total. The lowest BCUT2D eigenvalue weighted by Gasteiger charge is -2.33. The van der Waals surface area contributed by atoms with Crippen LogP contribution >= 0.6 is 35.6 Å². The van der Waals surface area contributed by atoms with Crippen molar-refractivity contribution >= 4 is 63.9 Å². The Morgan fingerprint density at radius 2 is 2.14 bits per heavy atom. The number of anilines is 2. The molecule has 4 heterocycles. The summed E-state index contributed by atoms with van der Waals surface area (Å²) in [7, 11) is 0. The lowest BCUT2D eigenvalue weighted by Crippen LogP contribution is -2.43. The number of nitrogens with zero attached hydrogens (tertiary/aromatic N) is 3. The van der Waals surface area contributed by atoms with Gasteiger partial charge in [0.25, 0.3) is 5.91 Å². The van der Waals surface area contributed by atoms with E-state index in [1.165, 1.54) is 12.4 Å². The molecule has 1 aliphatic rings. The van der Waals surface area contributed by atoms with Crippen LogP contribution in [-0.2, 0) is 0 Å². The second-order valence-corrected chi connectivity index (χ2v) is 7.42. The molecule has 1 aliphatic heterocycles. The van der Waals surface area contributed by atoms with E-state index >= 15 is 0 Å².